The van der Waals surface area contributed by atoms with Crippen LogP contribution < -0.4 is 4.74 Å². The molecule has 0 spiro atoms. The molecule has 1 N–H and O–H groups in total. The third kappa shape index (κ3) is 6.06. The van der Waals surface area contributed by atoms with Crippen molar-refractivity contribution in [2.24, 2.45) is 0 Å². The smallest absolute Gasteiger partial charge is 0.337 e. The van der Waals surface area contributed by atoms with Gasteiger partial charge in [-0.1, -0.05) is 66.7 Å². The number of hydrogen-bond acceptors (Lipinski definition) is 4. The Kier molecular flexibility index (Phi) is 8.02. The number of ether oxygens (including phenoxy) is 2. The quantitative estimate of drug-likeness (QED) is 0.370. The molecule has 0 saturated carbocycles. The fourth-order valence-electron chi connectivity index (χ4n) is 3.50. The zero-order valence-electron chi connectivity index (χ0n) is 17.9. The molecule has 0 radical (unpaired) electrons. The van der Waals surface area contributed by atoms with Gasteiger partial charge in [-0.15, -0.1) is 0 Å². The van der Waals surface area contributed by atoms with E-state index in [0.717, 1.165) is 29.7 Å². The molecule has 0 aliphatic carbocycles. The van der Waals surface area contributed by atoms with Crippen LogP contribution in [0.3, 0.4) is 0 Å². The van der Waals surface area contributed by atoms with Gasteiger partial charge in [-0.2, -0.15) is 0 Å². The summed E-state index contributed by atoms with van der Waals surface area (Å²) >= 11 is 0. The summed E-state index contributed by atoms with van der Waals surface area (Å²) in [4.78, 5) is 11.7. The van der Waals surface area contributed by atoms with Crippen LogP contribution in [-0.2, 0) is 11.2 Å². The van der Waals surface area contributed by atoms with Crippen molar-refractivity contribution in [2.75, 3.05) is 14.2 Å². The highest BCUT2D eigenvalue weighted by atomic mass is 16.5. The number of benzene rings is 3. The summed E-state index contributed by atoms with van der Waals surface area (Å²) < 4.78 is 9.98. The highest BCUT2D eigenvalue weighted by molar-refractivity contribution is 5.89. The monoisotopic (exact) mass is 416 g/mol. The molecule has 31 heavy (non-hydrogen) atoms. The molecule has 3 rings (SSSR count). The zero-order chi connectivity index (χ0) is 22.1. The second-order valence-corrected chi connectivity index (χ2v) is 7.31. The number of rotatable bonds is 9. The highest BCUT2D eigenvalue weighted by Gasteiger charge is 2.20. The minimum Gasteiger partial charge on any atom is -0.497 e. The van der Waals surface area contributed by atoms with Crippen molar-refractivity contribution >= 4 is 5.97 Å². The van der Waals surface area contributed by atoms with E-state index in [1.54, 1.807) is 19.2 Å². The van der Waals surface area contributed by atoms with E-state index < -0.39 is 6.10 Å². The van der Waals surface area contributed by atoms with Crippen LogP contribution in [0.15, 0.2) is 91.0 Å². The molecule has 0 fully saturated rings. The van der Waals surface area contributed by atoms with Crippen LogP contribution in [0, 0.1) is 0 Å². The summed E-state index contributed by atoms with van der Waals surface area (Å²) in [5.74, 6) is 0.243. The van der Waals surface area contributed by atoms with E-state index in [1.165, 1.54) is 12.7 Å². The van der Waals surface area contributed by atoms with Gasteiger partial charge in [0.1, 0.15) is 5.75 Å². The lowest BCUT2D eigenvalue weighted by Crippen LogP contribution is -2.10. The first-order chi connectivity index (χ1) is 15.1. The topological polar surface area (TPSA) is 55.8 Å². The van der Waals surface area contributed by atoms with Gasteiger partial charge in [0.15, 0.2) is 0 Å². The van der Waals surface area contributed by atoms with Crippen molar-refractivity contribution in [1.29, 1.82) is 0 Å². The van der Waals surface area contributed by atoms with Gasteiger partial charge in [0, 0.05) is 5.92 Å². The molecule has 160 valence electrons. The molecule has 0 saturated heterocycles. The minimum atomic E-state index is -0.692. The normalized spacial score (nSPS) is 13.0. The van der Waals surface area contributed by atoms with Gasteiger partial charge in [-0.25, -0.2) is 4.79 Å². The molecule has 0 aliphatic rings. The Hall–Kier alpha value is -3.37. The Morgan fingerprint density at radius 3 is 2.19 bits per heavy atom. The molecular weight excluding hydrogens is 388 g/mol. The van der Waals surface area contributed by atoms with Crippen molar-refractivity contribution in [3.8, 4) is 5.75 Å². The molecule has 0 bridgehead atoms. The van der Waals surface area contributed by atoms with Crippen LogP contribution in [0.5, 0.6) is 5.75 Å². The van der Waals surface area contributed by atoms with Crippen LogP contribution in [0.25, 0.3) is 0 Å². The number of carbonyl (C=O) groups is 1. The summed E-state index contributed by atoms with van der Waals surface area (Å²) in [6.07, 6.45) is 5.21. The van der Waals surface area contributed by atoms with E-state index in [4.69, 9.17) is 9.47 Å². The molecule has 3 aromatic rings. The molecule has 0 amide bonds. The van der Waals surface area contributed by atoms with Crippen molar-refractivity contribution < 1.29 is 19.4 Å². The number of allylic oxidation sites excluding steroid dienone is 1. The zero-order valence-corrected chi connectivity index (χ0v) is 17.9. The first kappa shape index (κ1) is 22.3. The average Bonchev–Trinajstić information content (AvgIpc) is 2.84. The van der Waals surface area contributed by atoms with Crippen molar-refractivity contribution in [2.45, 2.75) is 24.9 Å². The fourth-order valence-corrected chi connectivity index (χ4v) is 3.50. The standard InChI is InChI=1S/C27H28O4/c1-30-24-18-12-20(13-19-24)8-6-7-11-25(26(28)22-9-4-3-5-10-22)21-14-16-23(17-15-21)27(29)31-2/h3-5,7,9-19,25-26,28H,6,8H2,1-2H3/b11-7-/t25-,26-/m0/s1. The first-order valence-corrected chi connectivity index (χ1v) is 10.3. The summed E-state index contributed by atoms with van der Waals surface area (Å²) in [7, 11) is 3.03. The summed E-state index contributed by atoms with van der Waals surface area (Å²) in [6.45, 7) is 0. The summed E-state index contributed by atoms with van der Waals surface area (Å²) in [5, 5.41) is 11.1. The van der Waals surface area contributed by atoms with E-state index in [0.29, 0.717) is 5.56 Å². The molecule has 4 heteroatoms. The highest BCUT2D eigenvalue weighted by Crippen LogP contribution is 2.32. The second kappa shape index (κ2) is 11.1. The lowest BCUT2D eigenvalue weighted by molar-refractivity contribution is 0.0600. The Morgan fingerprint density at radius 1 is 0.903 bits per heavy atom. The summed E-state index contributed by atoms with van der Waals surface area (Å²) in [6, 6.07) is 24.9. The fraction of sp³-hybridized carbons (Fsp3) is 0.222. The molecular formula is C27H28O4. The third-order valence-corrected chi connectivity index (χ3v) is 5.30. The van der Waals surface area contributed by atoms with Gasteiger partial charge in [-0.05, 0) is 53.8 Å². The predicted octanol–water partition coefficient (Wildman–Crippen LogP) is 5.49. The van der Waals surface area contributed by atoms with Gasteiger partial charge >= 0.3 is 5.97 Å². The molecule has 0 unspecified atom stereocenters. The minimum absolute atomic E-state index is 0.232. The van der Waals surface area contributed by atoms with Crippen LogP contribution >= 0.6 is 0 Å². The molecule has 3 aromatic carbocycles. The Balaban J connectivity index is 1.76. The van der Waals surface area contributed by atoms with Crippen LogP contribution in [-0.4, -0.2) is 25.3 Å². The van der Waals surface area contributed by atoms with E-state index >= 15 is 0 Å². The van der Waals surface area contributed by atoms with Gasteiger partial charge < -0.3 is 14.6 Å². The Morgan fingerprint density at radius 2 is 1.58 bits per heavy atom. The number of hydrogen-bond donors (Lipinski definition) is 1. The van der Waals surface area contributed by atoms with Crippen molar-refractivity contribution in [1.82, 2.24) is 0 Å². The van der Waals surface area contributed by atoms with Crippen molar-refractivity contribution in [3.05, 3.63) is 113 Å². The predicted molar refractivity (Wildman–Crippen MR) is 122 cm³/mol. The van der Waals surface area contributed by atoms with Gasteiger partial charge in [0.05, 0.1) is 25.9 Å². The van der Waals surface area contributed by atoms with E-state index in [9.17, 15) is 9.90 Å². The molecule has 0 aromatic heterocycles. The van der Waals surface area contributed by atoms with Gasteiger partial charge in [0.25, 0.3) is 0 Å². The number of carbonyl (C=O) groups excluding carboxylic acids is 1. The third-order valence-electron chi connectivity index (χ3n) is 5.30. The maximum absolute atomic E-state index is 11.7. The molecule has 0 heterocycles. The Bertz CT molecular complexity index is 976. The van der Waals surface area contributed by atoms with Gasteiger partial charge in [0.2, 0.25) is 0 Å². The summed E-state index contributed by atoms with van der Waals surface area (Å²) in [5.41, 5.74) is 3.50. The van der Waals surface area contributed by atoms with Crippen LogP contribution in [0.1, 0.15) is 45.5 Å². The largest absolute Gasteiger partial charge is 0.497 e. The van der Waals surface area contributed by atoms with Crippen molar-refractivity contribution in [3.63, 3.8) is 0 Å². The van der Waals surface area contributed by atoms with Gasteiger partial charge in [-0.3, -0.25) is 0 Å². The van der Waals surface area contributed by atoms with E-state index in [-0.39, 0.29) is 11.9 Å². The van der Waals surface area contributed by atoms with Crippen LogP contribution in [0.4, 0.5) is 0 Å². The Labute approximate surface area is 183 Å². The van der Waals surface area contributed by atoms with Crippen LogP contribution in [0.2, 0.25) is 0 Å². The molecule has 4 nitrogen and oxygen atoms in total. The molecule has 2 atom stereocenters. The lowest BCUT2D eigenvalue weighted by Gasteiger charge is -2.21. The number of esters is 1. The SMILES string of the molecule is COC(=O)c1ccc([C@H](/C=C\CCc2ccc(OC)cc2)[C@@H](O)c2ccccc2)cc1. The lowest BCUT2D eigenvalue weighted by atomic mass is 9.88. The maximum Gasteiger partial charge on any atom is 0.337 e. The first-order valence-electron chi connectivity index (χ1n) is 10.3. The average molecular weight is 417 g/mol. The second-order valence-electron chi connectivity index (χ2n) is 7.31. The number of aliphatic hydroxyl groups is 1. The van der Waals surface area contributed by atoms with E-state index in [2.05, 4.69) is 18.2 Å². The number of aliphatic hydroxyl groups excluding tert-OH is 1. The van der Waals surface area contributed by atoms with E-state index in [1.807, 2.05) is 60.7 Å². The maximum atomic E-state index is 11.7. The number of methoxy groups -OCH3 is 2. The number of aryl methyl sites for hydroxylation is 1. The molecule has 0 aliphatic heterocycles.